The summed E-state index contributed by atoms with van der Waals surface area (Å²) in [6, 6.07) is 8.17. The second-order valence-corrected chi connectivity index (χ2v) is 4.60. The third kappa shape index (κ3) is 2.35. The van der Waals surface area contributed by atoms with Crippen molar-refractivity contribution in [2.24, 2.45) is 0 Å². The molecule has 4 N–H and O–H groups in total. The molecule has 0 unspecified atom stereocenters. The molecule has 0 radical (unpaired) electrons. The SMILES string of the molecule is Oc1ccc(-c2cnnnc2-c2ccc(O)cc2O)c(O)c1. The lowest BCUT2D eigenvalue weighted by Crippen LogP contribution is -1.95. The summed E-state index contributed by atoms with van der Waals surface area (Å²) >= 11 is 0. The van der Waals surface area contributed by atoms with Gasteiger partial charge in [0.2, 0.25) is 0 Å². The van der Waals surface area contributed by atoms with Crippen molar-refractivity contribution in [3.63, 3.8) is 0 Å². The molecule has 3 aromatic rings. The normalized spacial score (nSPS) is 10.5. The largest absolute Gasteiger partial charge is 0.508 e. The molecule has 1 heterocycles. The van der Waals surface area contributed by atoms with Gasteiger partial charge in [-0.15, -0.1) is 10.2 Å². The van der Waals surface area contributed by atoms with E-state index < -0.39 is 0 Å². The minimum atomic E-state index is -0.181. The fraction of sp³-hybridized carbons (Fsp3) is 0. The van der Waals surface area contributed by atoms with E-state index in [2.05, 4.69) is 15.4 Å². The fourth-order valence-corrected chi connectivity index (χ4v) is 2.13. The molecule has 110 valence electrons. The van der Waals surface area contributed by atoms with Crippen LogP contribution in [-0.2, 0) is 0 Å². The summed E-state index contributed by atoms with van der Waals surface area (Å²) in [6.07, 6.45) is 1.39. The summed E-state index contributed by atoms with van der Waals surface area (Å²) in [5.41, 5.74) is 1.42. The maximum Gasteiger partial charge on any atom is 0.128 e. The van der Waals surface area contributed by atoms with Crippen LogP contribution in [0.15, 0.2) is 42.6 Å². The summed E-state index contributed by atoms with van der Waals surface area (Å²) < 4.78 is 0. The van der Waals surface area contributed by atoms with E-state index in [-0.39, 0.29) is 28.7 Å². The van der Waals surface area contributed by atoms with Gasteiger partial charge in [0.1, 0.15) is 28.7 Å². The van der Waals surface area contributed by atoms with E-state index in [0.29, 0.717) is 16.7 Å². The smallest absolute Gasteiger partial charge is 0.128 e. The Bertz CT molecular complexity index is 781. The average Bonchev–Trinajstić information content (AvgIpc) is 2.48. The van der Waals surface area contributed by atoms with Crippen LogP contribution in [0.5, 0.6) is 23.0 Å². The standard InChI is InChI=1S/C15H11N3O4/c19-8-1-3-10(13(21)5-8)12-7-16-18-17-15(12)11-4-2-9(20)6-14(11)22/h1-7,19-22H. The minimum Gasteiger partial charge on any atom is -0.508 e. The van der Waals surface area contributed by atoms with Gasteiger partial charge in [-0.25, -0.2) is 0 Å². The molecule has 0 aliphatic heterocycles. The number of hydrogen-bond acceptors (Lipinski definition) is 7. The molecule has 0 saturated carbocycles. The number of benzene rings is 2. The number of rotatable bonds is 2. The molecule has 0 saturated heterocycles. The molecule has 7 heteroatoms. The van der Waals surface area contributed by atoms with Gasteiger partial charge in [0, 0.05) is 28.8 Å². The van der Waals surface area contributed by atoms with Crippen LogP contribution < -0.4 is 0 Å². The van der Waals surface area contributed by atoms with Crippen molar-refractivity contribution in [1.29, 1.82) is 0 Å². The Balaban J connectivity index is 2.22. The first-order chi connectivity index (χ1) is 10.6. The summed E-state index contributed by atoms with van der Waals surface area (Å²) in [5.74, 6) is -0.503. The Morgan fingerprint density at radius 1 is 0.682 bits per heavy atom. The Labute approximate surface area is 124 Å². The molecule has 0 amide bonds. The van der Waals surface area contributed by atoms with E-state index in [9.17, 15) is 20.4 Å². The number of phenolic OH excluding ortho intramolecular Hbond substituents is 4. The van der Waals surface area contributed by atoms with Crippen LogP contribution in [0.2, 0.25) is 0 Å². The molecule has 22 heavy (non-hydrogen) atoms. The number of aromatic hydroxyl groups is 4. The third-order valence-corrected chi connectivity index (χ3v) is 3.15. The Morgan fingerprint density at radius 3 is 1.86 bits per heavy atom. The average molecular weight is 297 g/mol. The van der Waals surface area contributed by atoms with E-state index in [0.717, 1.165) is 0 Å². The minimum absolute atomic E-state index is 0.0785. The lowest BCUT2D eigenvalue weighted by atomic mass is 9.99. The van der Waals surface area contributed by atoms with Crippen LogP contribution >= 0.6 is 0 Å². The van der Waals surface area contributed by atoms with Gasteiger partial charge in [0.05, 0.1) is 6.20 Å². The van der Waals surface area contributed by atoms with Crippen molar-refractivity contribution in [2.75, 3.05) is 0 Å². The van der Waals surface area contributed by atoms with Crippen molar-refractivity contribution in [3.8, 4) is 45.4 Å². The zero-order valence-electron chi connectivity index (χ0n) is 11.2. The predicted octanol–water partition coefficient (Wildman–Crippen LogP) is 2.03. The summed E-state index contributed by atoms with van der Waals surface area (Å²) in [5, 5.41) is 49.9. The second-order valence-electron chi connectivity index (χ2n) is 4.60. The molecule has 0 bridgehead atoms. The van der Waals surface area contributed by atoms with Crippen molar-refractivity contribution in [3.05, 3.63) is 42.6 Å². The highest BCUT2D eigenvalue weighted by atomic mass is 16.3. The maximum atomic E-state index is 9.99. The van der Waals surface area contributed by atoms with E-state index in [1.165, 1.54) is 42.6 Å². The van der Waals surface area contributed by atoms with Crippen LogP contribution in [0.1, 0.15) is 0 Å². The van der Waals surface area contributed by atoms with Gasteiger partial charge in [-0.2, -0.15) is 0 Å². The van der Waals surface area contributed by atoms with Gasteiger partial charge in [0.25, 0.3) is 0 Å². The lowest BCUT2D eigenvalue weighted by Gasteiger charge is -2.10. The van der Waals surface area contributed by atoms with Crippen LogP contribution in [0, 0.1) is 0 Å². The molecule has 0 fully saturated rings. The first-order valence-corrected chi connectivity index (χ1v) is 6.29. The maximum absolute atomic E-state index is 9.99. The van der Waals surface area contributed by atoms with Crippen molar-refractivity contribution < 1.29 is 20.4 Å². The van der Waals surface area contributed by atoms with Gasteiger partial charge in [-0.3, -0.25) is 0 Å². The zero-order chi connectivity index (χ0) is 15.7. The van der Waals surface area contributed by atoms with Crippen LogP contribution in [0.4, 0.5) is 0 Å². The van der Waals surface area contributed by atoms with Crippen molar-refractivity contribution in [2.45, 2.75) is 0 Å². The fourth-order valence-electron chi connectivity index (χ4n) is 2.13. The second kappa shape index (κ2) is 5.21. The highest BCUT2D eigenvalue weighted by Gasteiger charge is 2.16. The molecular formula is C15H11N3O4. The number of hydrogen-bond donors (Lipinski definition) is 4. The van der Waals surface area contributed by atoms with Crippen LogP contribution in [0.25, 0.3) is 22.4 Å². The zero-order valence-corrected chi connectivity index (χ0v) is 11.2. The highest BCUT2D eigenvalue weighted by molar-refractivity contribution is 5.85. The molecule has 3 rings (SSSR count). The number of phenols is 4. The molecule has 0 aliphatic rings. The van der Waals surface area contributed by atoms with E-state index in [4.69, 9.17) is 0 Å². The van der Waals surface area contributed by atoms with Gasteiger partial charge >= 0.3 is 0 Å². The number of nitrogens with zero attached hydrogens (tertiary/aromatic N) is 3. The molecule has 0 aliphatic carbocycles. The van der Waals surface area contributed by atoms with Gasteiger partial charge in [-0.1, -0.05) is 0 Å². The summed E-state index contributed by atoms with van der Waals surface area (Å²) in [4.78, 5) is 0. The molecular weight excluding hydrogens is 286 g/mol. The first kappa shape index (κ1) is 13.6. The molecule has 7 nitrogen and oxygen atoms in total. The van der Waals surface area contributed by atoms with Crippen molar-refractivity contribution in [1.82, 2.24) is 15.4 Å². The molecule has 2 aromatic carbocycles. The molecule has 1 aromatic heterocycles. The van der Waals surface area contributed by atoms with Crippen LogP contribution in [-0.4, -0.2) is 35.8 Å². The van der Waals surface area contributed by atoms with Crippen molar-refractivity contribution >= 4 is 0 Å². The van der Waals surface area contributed by atoms with Gasteiger partial charge in [-0.05, 0) is 29.5 Å². The topological polar surface area (TPSA) is 120 Å². The monoisotopic (exact) mass is 297 g/mol. The lowest BCUT2D eigenvalue weighted by molar-refractivity contribution is 0.450. The number of aromatic nitrogens is 3. The Morgan fingerprint density at radius 2 is 1.27 bits per heavy atom. The Kier molecular flexibility index (Phi) is 3.23. The van der Waals surface area contributed by atoms with E-state index in [1.807, 2.05) is 0 Å². The molecule has 0 atom stereocenters. The van der Waals surface area contributed by atoms with Gasteiger partial charge in [0.15, 0.2) is 0 Å². The predicted molar refractivity (Wildman–Crippen MR) is 77.4 cm³/mol. The van der Waals surface area contributed by atoms with E-state index >= 15 is 0 Å². The Hall–Kier alpha value is -3.35. The quantitative estimate of drug-likeness (QED) is 0.571. The summed E-state index contributed by atoms with van der Waals surface area (Å²) in [6.45, 7) is 0. The molecule has 0 spiro atoms. The highest BCUT2D eigenvalue weighted by Crippen LogP contribution is 2.39. The summed E-state index contributed by atoms with van der Waals surface area (Å²) in [7, 11) is 0. The third-order valence-electron chi connectivity index (χ3n) is 3.15. The van der Waals surface area contributed by atoms with Crippen LogP contribution in [0.3, 0.4) is 0 Å². The van der Waals surface area contributed by atoms with Gasteiger partial charge < -0.3 is 20.4 Å². The van der Waals surface area contributed by atoms with E-state index in [1.54, 1.807) is 0 Å². The first-order valence-electron chi connectivity index (χ1n) is 6.29.